The average Bonchev–Trinajstić information content (AvgIpc) is 2.86. The summed E-state index contributed by atoms with van der Waals surface area (Å²) in [6.07, 6.45) is 0. The van der Waals surface area contributed by atoms with E-state index in [1.54, 1.807) is 31.2 Å². The predicted molar refractivity (Wildman–Crippen MR) is 90.7 cm³/mol. The number of carbonyl (C=O) groups is 2. The second-order valence-electron chi connectivity index (χ2n) is 5.87. The van der Waals surface area contributed by atoms with Gasteiger partial charge in [-0.2, -0.15) is 5.26 Å². The van der Waals surface area contributed by atoms with Gasteiger partial charge in [0.2, 0.25) is 0 Å². The van der Waals surface area contributed by atoms with Crippen molar-refractivity contribution in [1.82, 2.24) is 10.2 Å². The fourth-order valence-corrected chi connectivity index (χ4v) is 2.77. The second-order valence-corrected chi connectivity index (χ2v) is 5.87. The van der Waals surface area contributed by atoms with Crippen LogP contribution in [-0.4, -0.2) is 30.0 Å². The highest BCUT2D eigenvalue weighted by Crippen LogP contribution is 2.29. The van der Waals surface area contributed by atoms with Gasteiger partial charge < -0.3 is 10.1 Å². The van der Waals surface area contributed by atoms with Gasteiger partial charge in [0.05, 0.1) is 18.2 Å². The molecule has 126 valence electrons. The van der Waals surface area contributed by atoms with Crippen molar-refractivity contribution in [1.29, 1.82) is 5.26 Å². The Balaban J connectivity index is 1.72. The number of hydrogen-bond donors (Lipinski definition) is 1. The van der Waals surface area contributed by atoms with Crippen LogP contribution >= 0.6 is 0 Å². The Bertz CT molecular complexity index is 844. The van der Waals surface area contributed by atoms with E-state index in [4.69, 9.17) is 10.00 Å². The van der Waals surface area contributed by atoms with Crippen molar-refractivity contribution in [3.8, 4) is 11.8 Å². The van der Waals surface area contributed by atoms with Gasteiger partial charge in [-0.05, 0) is 36.8 Å². The largest absolute Gasteiger partial charge is 0.492 e. The second kappa shape index (κ2) is 6.65. The molecule has 3 amide bonds. The summed E-state index contributed by atoms with van der Waals surface area (Å²) in [5, 5.41) is 11.8. The van der Waals surface area contributed by atoms with Crippen LogP contribution in [0.1, 0.15) is 18.1 Å². The summed E-state index contributed by atoms with van der Waals surface area (Å²) in [4.78, 5) is 26.2. The van der Waals surface area contributed by atoms with Crippen LogP contribution in [0.3, 0.4) is 0 Å². The van der Waals surface area contributed by atoms with Gasteiger partial charge in [-0.1, -0.05) is 30.3 Å². The van der Waals surface area contributed by atoms with E-state index in [2.05, 4.69) is 5.32 Å². The molecular weight excluding hydrogens is 318 g/mol. The number of nitrogens with zero attached hydrogens (tertiary/aromatic N) is 2. The lowest BCUT2D eigenvalue weighted by atomic mass is 9.91. The summed E-state index contributed by atoms with van der Waals surface area (Å²) in [7, 11) is 0. The number of imide groups is 1. The summed E-state index contributed by atoms with van der Waals surface area (Å²) in [5.41, 5.74) is -0.167. The Kier molecular flexibility index (Phi) is 4.40. The van der Waals surface area contributed by atoms with Crippen LogP contribution in [-0.2, 0) is 10.3 Å². The van der Waals surface area contributed by atoms with E-state index >= 15 is 0 Å². The fraction of sp³-hybridized carbons (Fsp3) is 0.211. The van der Waals surface area contributed by atoms with E-state index in [9.17, 15) is 9.59 Å². The molecule has 1 atom stereocenters. The number of benzene rings is 2. The third-order valence-electron chi connectivity index (χ3n) is 4.17. The van der Waals surface area contributed by atoms with Crippen LogP contribution in [0.2, 0.25) is 0 Å². The SMILES string of the molecule is C[C@]1(c2cccc(C#N)c2)NC(=O)N(CCOc2ccccc2)C1=O. The van der Waals surface area contributed by atoms with E-state index in [-0.39, 0.29) is 19.1 Å². The number of urea groups is 1. The molecule has 1 aliphatic rings. The van der Waals surface area contributed by atoms with Crippen molar-refractivity contribution in [3.63, 3.8) is 0 Å². The number of hydrogen-bond acceptors (Lipinski definition) is 4. The third kappa shape index (κ3) is 3.17. The zero-order valence-corrected chi connectivity index (χ0v) is 13.7. The lowest BCUT2D eigenvalue weighted by Crippen LogP contribution is -2.41. The number of amides is 3. The van der Waals surface area contributed by atoms with Crippen LogP contribution in [0.25, 0.3) is 0 Å². The van der Waals surface area contributed by atoms with Gasteiger partial charge in [-0.3, -0.25) is 9.69 Å². The maximum Gasteiger partial charge on any atom is 0.325 e. The molecule has 0 saturated carbocycles. The Morgan fingerprint density at radius 1 is 1.16 bits per heavy atom. The van der Waals surface area contributed by atoms with E-state index in [0.717, 1.165) is 4.90 Å². The first-order valence-electron chi connectivity index (χ1n) is 7.87. The molecule has 1 saturated heterocycles. The predicted octanol–water partition coefficient (Wildman–Crippen LogP) is 2.40. The van der Waals surface area contributed by atoms with E-state index in [1.165, 1.54) is 0 Å². The zero-order valence-electron chi connectivity index (χ0n) is 13.7. The zero-order chi connectivity index (χ0) is 17.9. The molecule has 0 radical (unpaired) electrons. The highest BCUT2D eigenvalue weighted by Gasteiger charge is 2.48. The minimum atomic E-state index is -1.18. The molecule has 25 heavy (non-hydrogen) atoms. The van der Waals surface area contributed by atoms with Gasteiger partial charge in [0.1, 0.15) is 17.9 Å². The number of nitrogens with one attached hydrogen (secondary N) is 1. The molecule has 3 rings (SSSR count). The average molecular weight is 335 g/mol. The first kappa shape index (κ1) is 16.5. The van der Waals surface area contributed by atoms with Crippen LogP contribution in [0, 0.1) is 11.3 Å². The molecule has 2 aromatic carbocycles. The standard InChI is InChI=1S/C19H17N3O3/c1-19(15-7-5-6-14(12-15)13-20)17(23)22(18(24)21-19)10-11-25-16-8-3-2-4-9-16/h2-9,12H,10-11H2,1H3,(H,21,24)/t19-/m1/s1. The smallest absolute Gasteiger partial charge is 0.325 e. The highest BCUT2D eigenvalue weighted by atomic mass is 16.5. The molecule has 6 heteroatoms. The van der Waals surface area contributed by atoms with Crippen LogP contribution in [0.15, 0.2) is 54.6 Å². The Hall–Kier alpha value is -3.33. The van der Waals surface area contributed by atoms with Gasteiger partial charge in [-0.15, -0.1) is 0 Å². The summed E-state index contributed by atoms with van der Waals surface area (Å²) < 4.78 is 5.56. The Morgan fingerprint density at radius 2 is 1.92 bits per heavy atom. The van der Waals surface area contributed by atoms with Crippen molar-refractivity contribution in [3.05, 3.63) is 65.7 Å². The first-order valence-corrected chi connectivity index (χ1v) is 7.87. The summed E-state index contributed by atoms with van der Waals surface area (Å²) in [6.45, 7) is 1.99. The number of nitriles is 1. The topological polar surface area (TPSA) is 82.4 Å². The molecule has 1 fully saturated rings. The van der Waals surface area contributed by atoms with Gasteiger partial charge in [0.25, 0.3) is 5.91 Å². The minimum absolute atomic E-state index is 0.146. The normalized spacial score (nSPS) is 19.4. The van der Waals surface area contributed by atoms with Gasteiger partial charge in [0.15, 0.2) is 0 Å². The number of rotatable bonds is 5. The fourth-order valence-electron chi connectivity index (χ4n) is 2.77. The quantitative estimate of drug-likeness (QED) is 0.851. The van der Waals surface area contributed by atoms with Gasteiger partial charge >= 0.3 is 6.03 Å². The van der Waals surface area contributed by atoms with Crippen molar-refractivity contribution < 1.29 is 14.3 Å². The van der Waals surface area contributed by atoms with Crippen molar-refractivity contribution in [2.45, 2.75) is 12.5 Å². The first-order chi connectivity index (χ1) is 12.0. The number of carbonyl (C=O) groups excluding carboxylic acids is 2. The van der Waals surface area contributed by atoms with E-state index in [0.29, 0.717) is 16.9 Å². The lowest BCUT2D eigenvalue weighted by Gasteiger charge is -2.22. The number of para-hydroxylation sites is 1. The summed E-state index contributed by atoms with van der Waals surface area (Å²) in [6, 6.07) is 17.5. The third-order valence-corrected chi connectivity index (χ3v) is 4.17. The van der Waals surface area contributed by atoms with E-state index < -0.39 is 11.6 Å². The highest BCUT2D eigenvalue weighted by molar-refractivity contribution is 6.07. The molecule has 1 aliphatic heterocycles. The molecule has 0 unspecified atom stereocenters. The van der Waals surface area contributed by atoms with Crippen molar-refractivity contribution >= 4 is 11.9 Å². The molecule has 6 nitrogen and oxygen atoms in total. The molecule has 0 aliphatic carbocycles. The molecule has 1 heterocycles. The van der Waals surface area contributed by atoms with Crippen molar-refractivity contribution in [2.75, 3.05) is 13.2 Å². The Morgan fingerprint density at radius 3 is 2.64 bits per heavy atom. The minimum Gasteiger partial charge on any atom is -0.492 e. The molecule has 0 spiro atoms. The Labute approximate surface area is 145 Å². The molecule has 1 N–H and O–H groups in total. The monoisotopic (exact) mass is 335 g/mol. The van der Waals surface area contributed by atoms with Crippen LogP contribution in [0.5, 0.6) is 5.75 Å². The maximum atomic E-state index is 12.8. The van der Waals surface area contributed by atoms with Crippen molar-refractivity contribution in [2.24, 2.45) is 0 Å². The van der Waals surface area contributed by atoms with Gasteiger partial charge in [-0.25, -0.2) is 4.79 Å². The molecule has 0 bridgehead atoms. The maximum absolute atomic E-state index is 12.8. The summed E-state index contributed by atoms with van der Waals surface area (Å²) >= 11 is 0. The molecular formula is C19H17N3O3. The van der Waals surface area contributed by atoms with Crippen LogP contribution < -0.4 is 10.1 Å². The molecule has 0 aromatic heterocycles. The van der Waals surface area contributed by atoms with E-state index in [1.807, 2.05) is 36.4 Å². The lowest BCUT2D eigenvalue weighted by molar-refractivity contribution is -0.131. The molecule has 2 aromatic rings. The van der Waals surface area contributed by atoms with Crippen LogP contribution in [0.4, 0.5) is 4.79 Å². The summed E-state index contributed by atoms with van der Waals surface area (Å²) in [5.74, 6) is 0.322. The number of ether oxygens (including phenoxy) is 1. The van der Waals surface area contributed by atoms with Gasteiger partial charge in [0, 0.05) is 0 Å².